The number of aliphatic hydroxyl groups excluding tert-OH is 1. The van der Waals surface area contributed by atoms with Gasteiger partial charge >= 0.3 is 0 Å². The summed E-state index contributed by atoms with van der Waals surface area (Å²) in [6, 6.07) is 7.75. The Balaban J connectivity index is 1.91. The van der Waals surface area contributed by atoms with Gasteiger partial charge in [-0.15, -0.1) is 0 Å². The van der Waals surface area contributed by atoms with Gasteiger partial charge in [-0.1, -0.05) is 6.07 Å². The molecule has 1 aromatic carbocycles. The molecule has 3 rings (SSSR count). The molecule has 2 N–H and O–H groups in total. The lowest BCUT2D eigenvalue weighted by Crippen LogP contribution is -2.03. The SMILES string of the molecule is OCc1cc2c(OCC3CO3)cccc2[nH]1. The van der Waals surface area contributed by atoms with Crippen molar-refractivity contribution in [3.63, 3.8) is 0 Å². The third-order valence-corrected chi connectivity index (χ3v) is 2.68. The standard InChI is InChI=1S/C12H13NO3/c14-5-8-4-10-11(13-8)2-1-3-12(10)16-7-9-6-15-9/h1-4,9,13-14H,5-7H2. The largest absolute Gasteiger partial charge is 0.490 e. The summed E-state index contributed by atoms with van der Waals surface area (Å²) in [6.45, 7) is 1.41. The van der Waals surface area contributed by atoms with Gasteiger partial charge in [-0.25, -0.2) is 0 Å². The maximum Gasteiger partial charge on any atom is 0.128 e. The van der Waals surface area contributed by atoms with Crippen LogP contribution < -0.4 is 4.74 Å². The van der Waals surface area contributed by atoms with Crippen molar-refractivity contribution in [2.45, 2.75) is 12.7 Å². The van der Waals surface area contributed by atoms with Crippen LogP contribution in [0.1, 0.15) is 5.69 Å². The summed E-state index contributed by atoms with van der Waals surface area (Å²) < 4.78 is 10.8. The van der Waals surface area contributed by atoms with Crippen LogP contribution in [0.15, 0.2) is 24.3 Å². The minimum Gasteiger partial charge on any atom is -0.490 e. The lowest BCUT2D eigenvalue weighted by atomic mass is 10.2. The second-order valence-corrected chi connectivity index (χ2v) is 3.94. The smallest absolute Gasteiger partial charge is 0.128 e. The molecule has 0 radical (unpaired) electrons. The molecular weight excluding hydrogens is 206 g/mol. The number of aromatic nitrogens is 1. The normalized spacial score (nSPS) is 18.9. The van der Waals surface area contributed by atoms with E-state index in [9.17, 15) is 0 Å². The van der Waals surface area contributed by atoms with Gasteiger partial charge in [-0.3, -0.25) is 0 Å². The summed E-state index contributed by atoms with van der Waals surface area (Å²) in [7, 11) is 0. The van der Waals surface area contributed by atoms with E-state index in [-0.39, 0.29) is 12.7 Å². The monoisotopic (exact) mass is 219 g/mol. The molecule has 16 heavy (non-hydrogen) atoms. The fourth-order valence-corrected chi connectivity index (χ4v) is 1.74. The van der Waals surface area contributed by atoms with Crippen LogP contribution in [0.25, 0.3) is 10.9 Å². The Morgan fingerprint density at radius 3 is 3.12 bits per heavy atom. The van der Waals surface area contributed by atoms with E-state index in [4.69, 9.17) is 14.6 Å². The van der Waals surface area contributed by atoms with Crippen LogP contribution in [0.5, 0.6) is 5.75 Å². The molecule has 4 heteroatoms. The number of H-pyrrole nitrogens is 1. The van der Waals surface area contributed by atoms with Gasteiger partial charge in [-0.2, -0.15) is 0 Å². The van der Waals surface area contributed by atoms with Crippen molar-refractivity contribution in [3.8, 4) is 5.75 Å². The number of fused-ring (bicyclic) bond motifs is 1. The van der Waals surface area contributed by atoms with Crippen LogP contribution in [-0.2, 0) is 11.3 Å². The van der Waals surface area contributed by atoms with E-state index in [1.54, 1.807) is 0 Å². The van der Waals surface area contributed by atoms with Gasteiger partial charge in [0.05, 0.1) is 13.2 Å². The third-order valence-electron chi connectivity index (χ3n) is 2.68. The molecule has 4 nitrogen and oxygen atoms in total. The third kappa shape index (κ3) is 1.77. The summed E-state index contributed by atoms with van der Waals surface area (Å²) in [6.07, 6.45) is 0.256. The van der Waals surface area contributed by atoms with Gasteiger partial charge in [0.1, 0.15) is 18.5 Å². The molecule has 0 saturated carbocycles. The fourth-order valence-electron chi connectivity index (χ4n) is 1.74. The first-order valence-corrected chi connectivity index (χ1v) is 5.32. The molecule has 1 saturated heterocycles. The number of hydrogen-bond acceptors (Lipinski definition) is 3. The van der Waals surface area contributed by atoms with Crippen molar-refractivity contribution < 1.29 is 14.6 Å². The van der Waals surface area contributed by atoms with Crippen LogP contribution in [0.3, 0.4) is 0 Å². The van der Waals surface area contributed by atoms with Crippen molar-refractivity contribution in [2.24, 2.45) is 0 Å². The average molecular weight is 219 g/mol. The Hall–Kier alpha value is -1.52. The van der Waals surface area contributed by atoms with Gasteiger partial charge in [-0.05, 0) is 18.2 Å². The lowest BCUT2D eigenvalue weighted by Gasteiger charge is -2.04. The molecule has 0 bridgehead atoms. The minimum atomic E-state index is 0.0137. The minimum absolute atomic E-state index is 0.0137. The van der Waals surface area contributed by atoms with E-state index in [2.05, 4.69) is 4.98 Å². The number of hydrogen-bond donors (Lipinski definition) is 2. The second kappa shape index (κ2) is 3.81. The highest BCUT2D eigenvalue weighted by molar-refractivity contribution is 5.86. The molecule has 0 aliphatic carbocycles. The Labute approximate surface area is 92.8 Å². The van der Waals surface area contributed by atoms with Crippen molar-refractivity contribution in [3.05, 3.63) is 30.0 Å². The number of ether oxygens (including phenoxy) is 2. The zero-order valence-electron chi connectivity index (χ0n) is 8.77. The highest BCUT2D eigenvalue weighted by Gasteiger charge is 2.23. The molecule has 1 aliphatic heterocycles. The molecule has 1 unspecified atom stereocenters. The summed E-state index contributed by atoms with van der Waals surface area (Å²) in [5.74, 6) is 0.837. The number of aliphatic hydroxyl groups is 1. The van der Waals surface area contributed by atoms with Crippen molar-refractivity contribution in [1.82, 2.24) is 4.98 Å². The molecule has 1 aromatic heterocycles. The highest BCUT2D eigenvalue weighted by atomic mass is 16.6. The van der Waals surface area contributed by atoms with Gasteiger partial charge in [0.25, 0.3) is 0 Å². The molecule has 1 aliphatic rings. The summed E-state index contributed by atoms with van der Waals surface area (Å²) >= 11 is 0. The van der Waals surface area contributed by atoms with E-state index in [1.807, 2.05) is 24.3 Å². The van der Waals surface area contributed by atoms with Gasteiger partial charge < -0.3 is 19.6 Å². The fraction of sp³-hybridized carbons (Fsp3) is 0.333. The second-order valence-electron chi connectivity index (χ2n) is 3.94. The zero-order chi connectivity index (χ0) is 11.0. The highest BCUT2D eigenvalue weighted by Crippen LogP contribution is 2.27. The zero-order valence-corrected chi connectivity index (χ0v) is 8.77. The molecule has 0 amide bonds. The van der Waals surface area contributed by atoms with Crippen LogP contribution in [0, 0.1) is 0 Å². The topological polar surface area (TPSA) is 57.8 Å². The van der Waals surface area contributed by atoms with Crippen LogP contribution >= 0.6 is 0 Å². The van der Waals surface area contributed by atoms with Crippen molar-refractivity contribution in [1.29, 1.82) is 0 Å². The number of benzene rings is 1. The molecule has 0 spiro atoms. The predicted octanol–water partition coefficient (Wildman–Crippen LogP) is 1.44. The van der Waals surface area contributed by atoms with Crippen LogP contribution in [0.4, 0.5) is 0 Å². The molecule has 2 heterocycles. The number of epoxide rings is 1. The van der Waals surface area contributed by atoms with E-state index >= 15 is 0 Å². The first kappa shape index (κ1) is 9.69. The molecule has 1 fully saturated rings. The average Bonchev–Trinajstić information content (AvgIpc) is 3.03. The van der Waals surface area contributed by atoms with E-state index in [0.29, 0.717) is 6.61 Å². The van der Waals surface area contributed by atoms with E-state index in [1.165, 1.54) is 0 Å². The number of aromatic amines is 1. The molecular formula is C12H13NO3. The van der Waals surface area contributed by atoms with E-state index < -0.39 is 0 Å². The summed E-state index contributed by atoms with van der Waals surface area (Å²) in [5, 5.41) is 10.1. The predicted molar refractivity (Wildman–Crippen MR) is 59.5 cm³/mol. The van der Waals surface area contributed by atoms with Gasteiger partial charge in [0.2, 0.25) is 0 Å². The Morgan fingerprint density at radius 1 is 1.50 bits per heavy atom. The van der Waals surface area contributed by atoms with Crippen LogP contribution in [-0.4, -0.2) is 29.4 Å². The quantitative estimate of drug-likeness (QED) is 0.765. The van der Waals surface area contributed by atoms with Crippen molar-refractivity contribution >= 4 is 10.9 Å². The van der Waals surface area contributed by atoms with Crippen molar-refractivity contribution in [2.75, 3.05) is 13.2 Å². The molecule has 2 aromatic rings. The van der Waals surface area contributed by atoms with Gasteiger partial charge in [0, 0.05) is 16.6 Å². The molecule has 84 valence electrons. The lowest BCUT2D eigenvalue weighted by molar-refractivity contribution is 0.265. The number of rotatable bonds is 4. The Morgan fingerprint density at radius 2 is 2.38 bits per heavy atom. The first-order valence-electron chi connectivity index (χ1n) is 5.32. The van der Waals surface area contributed by atoms with Crippen LogP contribution in [0.2, 0.25) is 0 Å². The Kier molecular flexibility index (Phi) is 2.31. The van der Waals surface area contributed by atoms with E-state index in [0.717, 1.165) is 29.0 Å². The number of nitrogens with one attached hydrogen (secondary N) is 1. The molecule has 1 atom stereocenters. The maximum absolute atomic E-state index is 9.07. The summed E-state index contributed by atoms with van der Waals surface area (Å²) in [5.41, 5.74) is 1.78. The maximum atomic E-state index is 9.07. The Bertz CT molecular complexity index is 502. The summed E-state index contributed by atoms with van der Waals surface area (Å²) in [4.78, 5) is 3.13. The first-order chi connectivity index (χ1) is 7.86. The van der Waals surface area contributed by atoms with Gasteiger partial charge in [0.15, 0.2) is 0 Å².